The number of aromatic nitrogens is 1. The fourth-order valence-electron chi connectivity index (χ4n) is 2.50. The Labute approximate surface area is 140 Å². The zero-order chi connectivity index (χ0) is 16.8. The van der Waals surface area contributed by atoms with Gasteiger partial charge in [0.1, 0.15) is 5.82 Å². The normalized spacial score (nSPS) is 11.5. The molecule has 0 saturated carbocycles. The number of benzene rings is 2. The number of nitrogens with zero attached hydrogens (tertiary/aromatic N) is 2. The molecule has 2 aromatic carbocycles. The van der Waals surface area contributed by atoms with Gasteiger partial charge in [0.05, 0.1) is 5.52 Å². The monoisotopic (exact) mass is 322 g/mol. The van der Waals surface area contributed by atoms with Crippen molar-refractivity contribution >= 4 is 16.9 Å². The molecule has 1 aromatic heterocycles. The Bertz CT molecular complexity index is 838. The third-order valence-corrected chi connectivity index (χ3v) is 3.76. The average Bonchev–Trinajstić information content (AvgIpc) is 2.63. The Morgan fingerprint density at radius 3 is 2.54 bits per heavy atom. The maximum absolute atomic E-state index is 12.9. The zero-order valence-electron chi connectivity index (χ0n) is 13.5. The highest BCUT2D eigenvalue weighted by molar-refractivity contribution is 5.83. The minimum Gasteiger partial charge on any atom is -0.352 e. The predicted octanol–water partition coefficient (Wildman–Crippen LogP) is 3.24. The van der Waals surface area contributed by atoms with E-state index < -0.39 is 0 Å². The van der Waals surface area contributed by atoms with Gasteiger partial charge in [-0.25, -0.2) is 4.39 Å². The van der Waals surface area contributed by atoms with Gasteiger partial charge in [-0.3, -0.25) is 9.98 Å². The number of halogens is 1. The lowest BCUT2D eigenvalue weighted by molar-refractivity contribution is 0.626. The second-order valence-corrected chi connectivity index (χ2v) is 5.40. The van der Waals surface area contributed by atoms with E-state index in [0.717, 1.165) is 22.0 Å². The molecule has 1 heterocycles. The van der Waals surface area contributed by atoms with Crippen LogP contribution in [0.4, 0.5) is 4.39 Å². The van der Waals surface area contributed by atoms with E-state index >= 15 is 0 Å². The van der Waals surface area contributed by atoms with E-state index in [0.29, 0.717) is 19.0 Å². The van der Waals surface area contributed by atoms with Gasteiger partial charge in [0.15, 0.2) is 5.96 Å². The molecule has 3 rings (SSSR count). The molecule has 0 aliphatic heterocycles. The van der Waals surface area contributed by atoms with E-state index in [4.69, 9.17) is 0 Å². The number of nitrogens with one attached hydrogen (secondary N) is 2. The summed E-state index contributed by atoms with van der Waals surface area (Å²) < 4.78 is 12.9. The Morgan fingerprint density at radius 2 is 1.75 bits per heavy atom. The molecule has 24 heavy (non-hydrogen) atoms. The van der Waals surface area contributed by atoms with Gasteiger partial charge in [0.2, 0.25) is 0 Å². The van der Waals surface area contributed by atoms with Crippen molar-refractivity contribution in [3.05, 3.63) is 77.7 Å². The summed E-state index contributed by atoms with van der Waals surface area (Å²) in [7, 11) is 1.72. The van der Waals surface area contributed by atoms with Crippen LogP contribution in [-0.2, 0) is 13.1 Å². The first-order valence-electron chi connectivity index (χ1n) is 7.78. The molecule has 122 valence electrons. The number of hydrogen-bond acceptors (Lipinski definition) is 2. The highest BCUT2D eigenvalue weighted by atomic mass is 19.1. The van der Waals surface area contributed by atoms with Gasteiger partial charge in [-0.15, -0.1) is 0 Å². The molecule has 0 spiro atoms. The lowest BCUT2D eigenvalue weighted by Crippen LogP contribution is -2.36. The van der Waals surface area contributed by atoms with Crippen LogP contribution >= 0.6 is 0 Å². The van der Waals surface area contributed by atoms with E-state index in [2.05, 4.69) is 26.7 Å². The van der Waals surface area contributed by atoms with E-state index in [-0.39, 0.29) is 5.82 Å². The number of guanidine groups is 1. The lowest BCUT2D eigenvalue weighted by atomic mass is 10.1. The highest BCUT2D eigenvalue weighted by Crippen LogP contribution is 2.15. The second-order valence-electron chi connectivity index (χ2n) is 5.40. The van der Waals surface area contributed by atoms with E-state index in [1.54, 1.807) is 25.4 Å². The molecule has 3 aromatic rings. The topological polar surface area (TPSA) is 49.3 Å². The maximum atomic E-state index is 12.9. The summed E-state index contributed by atoms with van der Waals surface area (Å²) in [4.78, 5) is 8.67. The summed E-state index contributed by atoms with van der Waals surface area (Å²) in [5.74, 6) is 0.456. The standard InChI is InChI=1S/C19H19FN4/c1-21-19(23-12-14-7-9-17(20)10-8-14)24-13-16-5-2-4-15-6-3-11-22-18(15)16/h2-11H,12-13H2,1H3,(H2,21,23,24). The first-order chi connectivity index (χ1) is 11.8. The smallest absolute Gasteiger partial charge is 0.191 e. The molecule has 0 aliphatic rings. The minimum atomic E-state index is -0.232. The Morgan fingerprint density at radius 1 is 1.00 bits per heavy atom. The first kappa shape index (κ1) is 15.9. The number of hydrogen-bond donors (Lipinski definition) is 2. The van der Waals surface area contributed by atoms with Gasteiger partial charge in [0.25, 0.3) is 0 Å². The number of para-hydroxylation sites is 1. The van der Waals surface area contributed by atoms with Crippen LogP contribution in [0.25, 0.3) is 10.9 Å². The van der Waals surface area contributed by atoms with E-state index in [9.17, 15) is 4.39 Å². The Kier molecular flexibility index (Phi) is 5.01. The quantitative estimate of drug-likeness (QED) is 0.573. The Hall–Kier alpha value is -2.95. The summed E-state index contributed by atoms with van der Waals surface area (Å²) >= 11 is 0. The highest BCUT2D eigenvalue weighted by Gasteiger charge is 2.03. The molecule has 2 N–H and O–H groups in total. The Balaban J connectivity index is 1.62. The lowest BCUT2D eigenvalue weighted by Gasteiger charge is -2.13. The average molecular weight is 322 g/mol. The van der Waals surface area contributed by atoms with Crippen LogP contribution in [0.15, 0.2) is 65.8 Å². The van der Waals surface area contributed by atoms with Crippen molar-refractivity contribution < 1.29 is 4.39 Å². The summed E-state index contributed by atoms with van der Waals surface area (Å²) in [5, 5.41) is 7.62. The molecule has 0 amide bonds. The third kappa shape index (κ3) is 3.87. The van der Waals surface area contributed by atoms with Crippen molar-refractivity contribution in [1.29, 1.82) is 0 Å². The molecule has 0 atom stereocenters. The number of pyridine rings is 1. The minimum absolute atomic E-state index is 0.232. The fourth-order valence-corrected chi connectivity index (χ4v) is 2.50. The van der Waals surface area contributed by atoms with Gasteiger partial charge >= 0.3 is 0 Å². The van der Waals surface area contributed by atoms with Crippen molar-refractivity contribution in [3.8, 4) is 0 Å². The van der Waals surface area contributed by atoms with Gasteiger partial charge in [0, 0.05) is 31.7 Å². The van der Waals surface area contributed by atoms with Crippen LogP contribution in [0.3, 0.4) is 0 Å². The molecule has 0 radical (unpaired) electrons. The third-order valence-electron chi connectivity index (χ3n) is 3.76. The molecule has 0 bridgehead atoms. The van der Waals surface area contributed by atoms with Crippen LogP contribution < -0.4 is 10.6 Å². The molecular weight excluding hydrogens is 303 g/mol. The molecule has 0 fully saturated rings. The number of aliphatic imine (C=N–C) groups is 1. The maximum Gasteiger partial charge on any atom is 0.191 e. The molecule has 4 nitrogen and oxygen atoms in total. The van der Waals surface area contributed by atoms with Gasteiger partial charge in [-0.1, -0.05) is 36.4 Å². The number of rotatable bonds is 4. The van der Waals surface area contributed by atoms with Crippen molar-refractivity contribution in [2.45, 2.75) is 13.1 Å². The van der Waals surface area contributed by atoms with E-state index in [1.165, 1.54) is 12.1 Å². The zero-order valence-corrected chi connectivity index (χ0v) is 13.5. The van der Waals surface area contributed by atoms with Crippen LogP contribution in [0.2, 0.25) is 0 Å². The van der Waals surface area contributed by atoms with E-state index in [1.807, 2.05) is 24.3 Å². The van der Waals surface area contributed by atoms with Crippen LogP contribution in [0, 0.1) is 5.82 Å². The summed E-state index contributed by atoms with van der Waals surface area (Å²) in [6.45, 7) is 1.20. The SMILES string of the molecule is CN=C(NCc1ccc(F)cc1)NCc1cccc2cccnc12. The van der Waals surface area contributed by atoms with Crippen molar-refractivity contribution in [2.24, 2.45) is 4.99 Å². The molecule has 0 saturated heterocycles. The number of fused-ring (bicyclic) bond motifs is 1. The summed E-state index contributed by atoms with van der Waals surface area (Å²) in [6.07, 6.45) is 1.80. The predicted molar refractivity (Wildman–Crippen MR) is 95.2 cm³/mol. The molecule has 0 unspecified atom stereocenters. The molecular formula is C19H19FN4. The first-order valence-corrected chi connectivity index (χ1v) is 7.78. The second kappa shape index (κ2) is 7.55. The molecule has 5 heteroatoms. The van der Waals surface area contributed by atoms with Gasteiger partial charge in [-0.05, 0) is 29.3 Å². The van der Waals surface area contributed by atoms with Crippen LogP contribution in [0.1, 0.15) is 11.1 Å². The molecule has 0 aliphatic carbocycles. The summed E-state index contributed by atoms with van der Waals surface area (Å²) in [5.41, 5.74) is 3.09. The van der Waals surface area contributed by atoms with Crippen molar-refractivity contribution in [3.63, 3.8) is 0 Å². The van der Waals surface area contributed by atoms with Crippen LogP contribution in [0.5, 0.6) is 0 Å². The van der Waals surface area contributed by atoms with Gasteiger partial charge in [-0.2, -0.15) is 0 Å². The van der Waals surface area contributed by atoms with Crippen molar-refractivity contribution in [1.82, 2.24) is 15.6 Å². The van der Waals surface area contributed by atoms with Crippen molar-refractivity contribution in [2.75, 3.05) is 7.05 Å². The fraction of sp³-hybridized carbons (Fsp3) is 0.158. The van der Waals surface area contributed by atoms with Gasteiger partial charge < -0.3 is 10.6 Å². The van der Waals surface area contributed by atoms with Crippen LogP contribution in [-0.4, -0.2) is 18.0 Å². The summed E-state index contributed by atoms with van der Waals surface area (Å²) in [6, 6.07) is 16.5. The largest absolute Gasteiger partial charge is 0.352 e.